The summed E-state index contributed by atoms with van der Waals surface area (Å²) in [6.07, 6.45) is 29.1. The highest BCUT2D eigenvalue weighted by molar-refractivity contribution is 5.73. The summed E-state index contributed by atoms with van der Waals surface area (Å²) in [5.41, 5.74) is 5.07. The molecule has 22 heavy (non-hydrogen) atoms. The van der Waals surface area contributed by atoms with Crippen molar-refractivity contribution < 1.29 is 4.79 Å². The Kier molecular flexibility index (Phi) is 15.8. The van der Waals surface area contributed by atoms with E-state index >= 15 is 0 Å². The molecule has 0 aliphatic rings. The lowest BCUT2D eigenvalue weighted by atomic mass is 10.2. The van der Waals surface area contributed by atoms with Crippen molar-refractivity contribution in [3.05, 3.63) is 60.8 Å². The van der Waals surface area contributed by atoms with E-state index in [1.165, 1.54) is 0 Å². The molecule has 0 saturated carbocycles. The molecule has 0 aromatic rings. The summed E-state index contributed by atoms with van der Waals surface area (Å²) in [5.74, 6) is -0.215. The van der Waals surface area contributed by atoms with Gasteiger partial charge in [0.1, 0.15) is 0 Å². The number of primary amides is 1. The number of carbonyl (C=O) groups is 1. The fourth-order valence-electron chi connectivity index (χ4n) is 1.76. The Hall–Kier alpha value is -1.83. The summed E-state index contributed by atoms with van der Waals surface area (Å²) in [6.45, 7) is 2.15. The van der Waals surface area contributed by atoms with E-state index in [9.17, 15) is 4.79 Å². The molecule has 2 N–H and O–H groups in total. The maximum absolute atomic E-state index is 10.5. The second kappa shape index (κ2) is 17.2. The summed E-state index contributed by atoms with van der Waals surface area (Å²) < 4.78 is 0. The summed E-state index contributed by atoms with van der Waals surface area (Å²) >= 11 is 0. The lowest BCUT2D eigenvalue weighted by Gasteiger charge is -1.90. The third kappa shape index (κ3) is 18.2. The molecule has 0 heterocycles. The van der Waals surface area contributed by atoms with Crippen LogP contribution in [0.15, 0.2) is 60.8 Å². The van der Waals surface area contributed by atoms with Crippen LogP contribution in [-0.2, 0) is 4.79 Å². The van der Waals surface area contributed by atoms with Crippen molar-refractivity contribution in [2.45, 2.75) is 58.3 Å². The third-order valence-corrected chi connectivity index (χ3v) is 2.95. The highest BCUT2D eigenvalue weighted by Crippen LogP contribution is 1.98. The number of unbranched alkanes of at least 4 members (excludes halogenated alkanes) is 1. The van der Waals surface area contributed by atoms with E-state index in [1.54, 1.807) is 0 Å². The lowest BCUT2D eigenvalue weighted by molar-refractivity contribution is -0.118. The molecule has 0 unspecified atom stereocenters. The van der Waals surface area contributed by atoms with Crippen LogP contribution >= 0.6 is 0 Å². The summed E-state index contributed by atoms with van der Waals surface area (Å²) in [5, 5.41) is 0. The maximum atomic E-state index is 10.5. The highest BCUT2D eigenvalue weighted by Gasteiger charge is 1.90. The Labute approximate surface area is 136 Å². The van der Waals surface area contributed by atoms with E-state index in [4.69, 9.17) is 5.73 Å². The minimum Gasteiger partial charge on any atom is -0.370 e. The fraction of sp³-hybridized carbons (Fsp3) is 0.450. The van der Waals surface area contributed by atoms with Gasteiger partial charge in [-0.25, -0.2) is 0 Å². The van der Waals surface area contributed by atoms with Gasteiger partial charge < -0.3 is 5.73 Å². The predicted octanol–water partition coefficient (Wildman–Crippen LogP) is 5.39. The molecule has 0 aliphatic carbocycles. The van der Waals surface area contributed by atoms with Gasteiger partial charge in [-0.2, -0.15) is 0 Å². The number of hydrogen-bond acceptors (Lipinski definition) is 1. The molecule has 0 aliphatic heterocycles. The molecule has 0 radical (unpaired) electrons. The molecule has 0 bridgehead atoms. The molecule has 2 heteroatoms. The second-order valence-electron chi connectivity index (χ2n) is 5.07. The number of rotatable bonds is 13. The van der Waals surface area contributed by atoms with Gasteiger partial charge in [0, 0.05) is 6.42 Å². The molecule has 0 spiro atoms. The molecular formula is C20H31NO. The number of amides is 1. The van der Waals surface area contributed by atoms with Gasteiger partial charge in [0.05, 0.1) is 0 Å². The Morgan fingerprint density at radius 2 is 1.14 bits per heavy atom. The van der Waals surface area contributed by atoms with Crippen molar-refractivity contribution in [2.24, 2.45) is 5.73 Å². The lowest BCUT2D eigenvalue weighted by Crippen LogP contribution is -2.09. The van der Waals surface area contributed by atoms with Crippen LogP contribution in [0.2, 0.25) is 0 Å². The zero-order valence-electron chi connectivity index (χ0n) is 13.9. The molecule has 0 saturated heterocycles. The van der Waals surface area contributed by atoms with Gasteiger partial charge in [0.15, 0.2) is 0 Å². The number of hydrogen-bond donors (Lipinski definition) is 1. The van der Waals surface area contributed by atoms with Crippen LogP contribution in [0.5, 0.6) is 0 Å². The zero-order valence-corrected chi connectivity index (χ0v) is 13.9. The molecule has 0 aromatic heterocycles. The van der Waals surface area contributed by atoms with Gasteiger partial charge in [-0.05, 0) is 44.9 Å². The first-order valence-electron chi connectivity index (χ1n) is 8.30. The van der Waals surface area contributed by atoms with E-state index in [0.717, 1.165) is 44.9 Å². The topological polar surface area (TPSA) is 43.1 Å². The van der Waals surface area contributed by atoms with E-state index in [1.807, 2.05) is 0 Å². The van der Waals surface area contributed by atoms with Crippen LogP contribution in [0.3, 0.4) is 0 Å². The van der Waals surface area contributed by atoms with Gasteiger partial charge in [-0.15, -0.1) is 0 Å². The van der Waals surface area contributed by atoms with Gasteiger partial charge in [0.25, 0.3) is 0 Å². The van der Waals surface area contributed by atoms with Crippen molar-refractivity contribution in [3.63, 3.8) is 0 Å². The van der Waals surface area contributed by atoms with Crippen LogP contribution in [0.4, 0.5) is 0 Å². The molecule has 0 atom stereocenters. The van der Waals surface area contributed by atoms with Crippen molar-refractivity contribution in [3.8, 4) is 0 Å². The normalized spacial score (nSPS) is 12.8. The number of carbonyl (C=O) groups excluding carboxylic acids is 1. The standard InChI is InChI=1S/C20H31NO/c1-2-3-4-5-6-7-8-9-10-11-12-13-14-15-16-17-18-19-20(21)22/h3-4,6-7,9-10,12-13,15-16H,2,5,8,11,14,17-19H2,1H3,(H2,21,22). The van der Waals surface area contributed by atoms with E-state index < -0.39 is 0 Å². The Bertz CT molecular complexity index is 400. The average molecular weight is 301 g/mol. The smallest absolute Gasteiger partial charge is 0.217 e. The quantitative estimate of drug-likeness (QED) is 0.359. The van der Waals surface area contributed by atoms with E-state index in [0.29, 0.717) is 6.42 Å². The number of nitrogens with two attached hydrogens (primary N) is 1. The summed E-state index contributed by atoms with van der Waals surface area (Å²) in [7, 11) is 0. The van der Waals surface area contributed by atoms with E-state index in [2.05, 4.69) is 67.7 Å². The third-order valence-electron chi connectivity index (χ3n) is 2.95. The maximum Gasteiger partial charge on any atom is 0.217 e. The van der Waals surface area contributed by atoms with Crippen LogP contribution in [-0.4, -0.2) is 5.91 Å². The first-order chi connectivity index (χ1) is 10.8. The van der Waals surface area contributed by atoms with E-state index in [-0.39, 0.29) is 5.91 Å². The SMILES string of the molecule is CCC=CCC=CCC=CCC=CCC=CCCCC(N)=O. The molecule has 0 aromatic carbocycles. The molecule has 0 fully saturated rings. The Morgan fingerprint density at radius 3 is 1.55 bits per heavy atom. The van der Waals surface area contributed by atoms with Crippen LogP contribution in [0.25, 0.3) is 0 Å². The van der Waals surface area contributed by atoms with Crippen LogP contribution < -0.4 is 5.73 Å². The summed E-state index contributed by atoms with van der Waals surface area (Å²) in [6, 6.07) is 0. The van der Waals surface area contributed by atoms with Crippen molar-refractivity contribution >= 4 is 5.91 Å². The minimum atomic E-state index is -0.215. The van der Waals surface area contributed by atoms with Crippen molar-refractivity contribution in [1.82, 2.24) is 0 Å². The van der Waals surface area contributed by atoms with Gasteiger partial charge in [-0.1, -0.05) is 67.7 Å². The minimum absolute atomic E-state index is 0.215. The highest BCUT2D eigenvalue weighted by atomic mass is 16.1. The second-order valence-corrected chi connectivity index (χ2v) is 5.07. The Balaban J connectivity index is 3.46. The summed E-state index contributed by atoms with van der Waals surface area (Å²) in [4.78, 5) is 10.5. The average Bonchev–Trinajstić information content (AvgIpc) is 2.50. The van der Waals surface area contributed by atoms with Crippen molar-refractivity contribution in [1.29, 1.82) is 0 Å². The first kappa shape index (κ1) is 20.2. The molecular weight excluding hydrogens is 270 g/mol. The fourth-order valence-corrected chi connectivity index (χ4v) is 1.76. The number of allylic oxidation sites excluding steroid dienone is 10. The monoisotopic (exact) mass is 301 g/mol. The molecule has 0 rings (SSSR count). The van der Waals surface area contributed by atoms with Gasteiger partial charge in [0.2, 0.25) is 5.91 Å². The largest absolute Gasteiger partial charge is 0.370 e. The van der Waals surface area contributed by atoms with Gasteiger partial charge in [-0.3, -0.25) is 4.79 Å². The molecule has 1 amide bonds. The van der Waals surface area contributed by atoms with Crippen molar-refractivity contribution in [2.75, 3.05) is 0 Å². The predicted molar refractivity (Wildman–Crippen MR) is 97.5 cm³/mol. The van der Waals surface area contributed by atoms with Crippen LogP contribution in [0, 0.1) is 0 Å². The molecule has 2 nitrogen and oxygen atoms in total. The van der Waals surface area contributed by atoms with Gasteiger partial charge >= 0.3 is 0 Å². The van der Waals surface area contributed by atoms with Crippen LogP contribution in [0.1, 0.15) is 58.3 Å². The zero-order chi connectivity index (χ0) is 16.3. The Morgan fingerprint density at radius 1 is 0.727 bits per heavy atom. The molecule has 122 valence electrons. The first-order valence-corrected chi connectivity index (χ1v) is 8.30.